The van der Waals surface area contributed by atoms with Gasteiger partial charge in [0.05, 0.1) is 12.4 Å². The average Bonchev–Trinajstić information content (AvgIpc) is 3.16. The molecule has 3 aromatic rings. The Bertz CT molecular complexity index is 1030. The molecule has 0 aliphatic carbocycles. The van der Waals surface area contributed by atoms with Crippen LogP contribution in [-0.2, 0) is 11.3 Å². The molecule has 0 aliphatic heterocycles. The minimum Gasteiger partial charge on any atom is -0.497 e. The molecular formula is C22H25FN4O3S. The smallest absolute Gasteiger partial charge is 0.237 e. The molecule has 0 radical (unpaired) electrons. The highest BCUT2D eigenvalue weighted by Crippen LogP contribution is 2.28. The van der Waals surface area contributed by atoms with Crippen LogP contribution in [0.15, 0.2) is 53.7 Å². The summed E-state index contributed by atoms with van der Waals surface area (Å²) in [6, 6.07) is 13.1. The lowest BCUT2D eigenvalue weighted by Gasteiger charge is -2.16. The quantitative estimate of drug-likeness (QED) is 0.482. The second kappa shape index (κ2) is 10.3. The van der Waals surface area contributed by atoms with Crippen molar-refractivity contribution in [1.29, 1.82) is 0 Å². The summed E-state index contributed by atoms with van der Waals surface area (Å²) in [5, 5.41) is 11.4. The number of amides is 1. The second-order valence-electron chi connectivity index (χ2n) is 6.78. The van der Waals surface area contributed by atoms with Crippen molar-refractivity contribution in [1.82, 2.24) is 14.8 Å². The number of benzene rings is 2. The van der Waals surface area contributed by atoms with Crippen LogP contribution in [0.5, 0.6) is 11.5 Å². The van der Waals surface area contributed by atoms with E-state index in [0.29, 0.717) is 29.0 Å². The molecule has 31 heavy (non-hydrogen) atoms. The molecule has 2 unspecified atom stereocenters. The first-order chi connectivity index (χ1) is 14.9. The Morgan fingerprint density at radius 2 is 1.87 bits per heavy atom. The SMILES string of the molecule is CCn1c(SC(C)C(=O)Nc2cccc(F)c2)nnc1C(C)Oc1ccc(OC)cc1. The van der Waals surface area contributed by atoms with E-state index >= 15 is 0 Å². The molecule has 3 rings (SSSR count). The Morgan fingerprint density at radius 1 is 1.16 bits per heavy atom. The zero-order valence-electron chi connectivity index (χ0n) is 17.8. The van der Waals surface area contributed by atoms with Gasteiger partial charge in [0, 0.05) is 12.2 Å². The van der Waals surface area contributed by atoms with E-state index in [-0.39, 0.29) is 12.0 Å². The van der Waals surface area contributed by atoms with Crippen LogP contribution < -0.4 is 14.8 Å². The molecule has 0 spiro atoms. The van der Waals surface area contributed by atoms with Gasteiger partial charge in [0.2, 0.25) is 5.91 Å². The van der Waals surface area contributed by atoms with Gasteiger partial charge in [-0.05, 0) is 63.2 Å². The van der Waals surface area contributed by atoms with Crippen molar-refractivity contribution in [3.05, 3.63) is 60.2 Å². The summed E-state index contributed by atoms with van der Waals surface area (Å²) in [4.78, 5) is 12.5. The zero-order valence-corrected chi connectivity index (χ0v) is 18.6. The molecule has 0 aliphatic rings. The van der Waals surface area contributed by atoms with Gasteiger partial charge in [-0.1, -0.05) is 17.8 Å². The molecule has 1 N–H and O–H groups in total. The first-order valence-corrected chi connectivity index (χ1v) is 10.8. The number of nitrogens with zero attached hydrogens (tertiary/aromatic N) is 3. The predicted octanol–water partition coefficient (Wildman–Crippen LogP) is 4.71. The Balaban J connectivity index is 1.67. The Morgan fingerprint density at radius 3 is 2.52 bits per heavy atom. The molecule has 0 saturated carbocycles. The lowest BCUT2D eigenvalue weighted by atomic mass is 10.3. The van der Waals surface area contributed by atoms with Crippen molar-refractivity contribution in [2.24, 2.45) is 0 Å². The number of methoxy groups -OCH3 is 1. The van der Waals surface area contributed by atoms with Gasteiger partial charge in [-0.15, -0.1) is 10.2 Å². The summed E-state index contributed by atoms with van der Waals surface area (Å²) in [5.41, 5.74) is 0.414. The molecule has 2 aromatic carbocycles. The minimum atomic E-state index is -0.455. The highest BCUT2D eigenvalue weighted by molar-refractivity contribution is 8.00. The lowest BCUT2D eigenvalue weighted by molar-refractivity contribution is -0.115. The number of carbonyl (C=O) groups excluding carboxylic acids is 1. The van der Waals surface area contributed by atoms with E-state index in [1.807, 2.05) is 42.7 Å². The molecule has 0 saturated heterocycles. The van der Waals surface area contributed by atoms with Crippen molar-refractivity contribution < 1.29 is 18.7 Å². The second-order valence-corrected chi connectivity index (χ2v) is 8.09. The fourth-order valence-electron chi connectivity index (χ4n) is 2.92. The van der Waals surface area contributed by atoms with E-state index in [1.54, 1.807) is 26.2 Å². The summed E-state index contributed by atoms with van der Waals surface area (Å²) >= 11 is 1.29. The molecule has 2 atom stereocenters. The first-order valence-electron chi connectivity index (χ1n) is 9.88. The van der Waals surface area contributed by atoms with E-state index < -0.39 is 11.1 Å². The average molecular weight is 445 g/mol. The van der Waals surface area contributed by atoms with Crippen LogP contribution in [0.1, 0.15) is 32.7 Å². The normalized spacial score (nSPS) is 12.8. The molecule has 7 nitrogen and oxygen atoms in total. The van der Waals surface area contributed by atoms with Crippen LogP contribution in [0.3, 0.4) is 0 Å². The third kappa shape index (κ3) is 5.75. The van der Waals surface area contributed by atoms with Crippen LogP contribution in [0.2, 0.25) is 0 Å². The maximum Gasteiger partial charge on any atom is 0.237 e. The van der Waals surface area contributed by atoms with Gasteiger partial charge in [0.15, 0.2) is 17.1 Å². The maximum atomic E-state index is 13.3. The van der Waals surface area contributed by atoms with Crippen LogP contribution in [-0.4, -0.2) is 33.0 Å². The Hall–Kier alpha value is -3.07. The topological polar surface area (TPSA) is 78.3 Å². The molecule has 0 fully saturated rings. The van der Waals surface area contributed by atoms with Crippen molar-refractivity contribution in [2.75, 3.05) is 12.4 Å². The van der Waals surface area contributed by atoms with Gasteiger partial charge in [-0.2, -0.15) is 0 Å². The number of ether oxygens (including phenoxy) is 2. The first kappa shape index (κ1) is 22.6. The molecule has 164 valence electrons. The van der Waals surface area contributed by atoms with E-state index in [4.69, 9.17) is 9.47 Å². The molecule has 9 heteroatoms. The van der Waals surface area contributed by atoms with Crippen molar-refractivity contribution >= 4 is 23.4 Å². The van der Waals surface area contributed by atoms with Crippen LogP contribution in [0.25, 0.3) is 0 Å². The number of hydrogen-bond acceptors (Lipinski definition) is 6. The van der Waals surface area contributed by atoms with Gasteiger partial charge in [-0.3, -0.25) is 4.79 Å². The van der Waals surface area contributed by atoms with Gasteiger partial charge < -0.3 is 19.4 Å². The van der Waals surface area contributed by atoms with Crippen LogP contribution in [0, 0.1) is 5.82 Å². The van der Waals surface area contributed by atoms with Crippen LogP contribution >= 0.6 is 11.8 Å². The maximum absolute atomic E-state index is 13.3. The van der Waals surface area contributed by atoms with Gasteiger partial charge in [0.25, 0.3) is 0 Å². The summed E-state index contributed by atoms with van der Waals surface area (Å²) in [7, 11) is 1.61. The van der Waals surface area contributed by atoms with Crippen molar-refractivity contribution in [2.45, 2.75) is 43.8 Å². The molecule has 1 heterocycles. The third-order valence-corrected chi connectivity index (χ3v) is 5.62. The number of rotatable bonds is 9. The number of anilines is 1. The fourth-order valence-corrected chi connectivity index (χ4v) is 3.84. The number of thioether (sulfide) groups is 1. The molecular weight excluding hydrogens is 419 g/mol. The largest absolute Gasteiger partial charge is 0.497 e. The van der Waals surface area contributed by atoms with E-state index in [0.717, 1.165) is 5.75 Å². The van der Waals surface area contributed by atoms with E-state index in [1.165, 1.54) is 23.9 Å². The standard InChI is InChI=1S/C22H25FN4O3S/c1-5-27-20(14(2)30-19-11-9-18(29-4)10-12-19)25-26-22(27)31-15(3)21(28)24-17-8-6-7-16(23)13-17/h6-15H,5H2,1-4H3,(H,24,28). The van der Waals surface area contributed by atoms with Crippen LogP contribution in [0.4, 0.5) is 10.1 Å². The monoisotopic (exact) mass is 444 g/mol. The third-order valence-electron chi connectivity index (χ3n) is 4.54. The zero-order chi connectivity index (χ0) is 22.4. The lowest BCUT2D eigenvalue weighted by Crippen LogP contribution is -2.23. The Labute approximate surface area is 185 Å². The highest BCUT2D eigenvalue weighted by Gasteiger charge is 2.23. The van der Waals surface area contributed by atoms with E-state index in [9.17, 15) is 9.18 Å². The summed E-state index contributed by atoms with van der Waals surface area (Å²) in [6.07, 6.45) is -0.341. The van der Waals surface area contributed by atoms with E-state index in [2.05, 4.69) is 15.5 Å². The summed E-state index contributed by atoms with van der Waals surface area (Å²) in [6.45, 7) is 6.27. The minimum absolute atomic E-state index is 0.245. The van der Waals surface area contributed by atoms with Crippen molar-refractivity contribution in [3.63, 3.8) is 0 Å². The molecule has 0 bridgehead atoms. The fraction of sp³-hybridized carbons (Fsp3) is 0.318. The van der Waals surface area contributed by atoms with Gasteiger partial charge >= 0.3 is 0 Å². The number of nitrogens with one attached hydrogen (secondary N) is 1. The number of carbonyl (C=O) groups is 1. The summed E-state index contributed by atoms with van der Waals surface area (Å²) in [5.74, 6) is 1.46. The number of hydrogen-bond donors (Lipinski definition) is 1. The summed E-state index contributed by atoms with van der Waals surface area (Å²) < 4.78 is 26.4. The molecule has 1 amide bonds. The number of halogens is 1. The van der Waals surface area contributed by atoms with Gasteiger partial charge in [0.1, 0.15) is 17.3 Å². The predicted molar refractivity (Wildman–Crippen MR) is 118 cm³/mol. The van der Waals surface area contributed by atoms with Crippen molar-refractivity contribution in [3.8, 4) is 11.5 Å². The highest BCUT2D eigenvalue weighted by atomic mass is 32.2. The number of aromatic nitrogens is 3. The Kier molecular flexibility index (Phi) is 7.51. The molecule has 1 aromatic heterocycles. The van der Waals surface area contributed by atoms with Gasteiger partial charge in [-0.25, -0.2) is 4.39 Å².